The number of hydrogen-bond donors (Lipinski definition) is 4. The van der Waals surface area contributed by atoms with Gasteiger partial charge < -0.3 is 29.6 Å². The van der Waals surface area contributed by atoms with Gasteiger partial charge in [0.15, 0.2) is 17.3 Å². The van der Waals surface area contributed by atoms with Gasteiger partial charge in [-0.3, -0.25) is 19.6 Å². The first-order valence-electron chi connectivity index (χ1n) is 10.8. The third kappa shape index (κ3) is 3.19. The summed E-state index contributed by atoms with van der Waals surface area (Å²) in [5.74, 6) is -3.69. The summed E-state index contributed by atoms with van der Waals surface area (Å²) in [6, 6.07) is 10.1. The highest BCUT2D eigenvalue weighted by Crippen LogP contribution is 2.47. The first-order valence-corrected chi connectivity index (χ1v) is 10.8. The number of hydrogen-bond acceptors (Lipinski definition) is 10. The van der Waals surface area contributed by atoms with Crippen LogP contribution in [-0.2, 0) is 4.79 Å². The summed E-state index contributed by atoms with van der Waals surface area (Å²) in [5, 5.41) is 40.5. The van der Waals surface area contributed by atoms with Crippen LogP contribution in [0.1, 0.15) is 23.5 Å². The molecule has 3 heterocycles. The quantitative estimate of drug-likeness (QED) is 0.165. The van der Waals surface area contributed by atoms with Crippen molar-refractivity contribution in [3.05, 3.63) is 76.2 Å². The van der Waals surface area contributed by atoms with E-state index in [9.17, 15) is 30.0 Å². The van der Waals surface area contributed by atoms with Crippen LogP contribution in [0.15, 0.2) is 64.1 Å². The highest BCUT2D eigenvalue weighted by Gasteiger charge is 2.34. The fraction of sp³-hybridized carbons (Fsp3) is 0.0769. The van der Waals surface area contributed by atoms with Gasteiger partial charge in [-0.05, 0) is 35.9 Å². The first kappa shape index (κ1) is 21.4. The Labute approximate surface area is 201 Å². The molecular weight excluding hydrogens is 468 g/mol. The molecule has 5 aromatic rings. The molecule has 2 aromatic heterocycles. The molecular formula is C26H16N2O8. The highest BCUT2D eigenvalue weighted by molar-refractivity contribution is 5.94. The van der Waals surface area contributed by atoms with Crippen molar-refractivity contribution < 1.29 is 34.4 Å². The maximum absolute atomic E-state index is 13.2. The van der Waals surface area contributed by atoms with E-state index in [1.54, 1.807) is 30.6 Å². The zero-order valence-corrected chi connectivity index (χ0v) is 18.3. The van der Waals surface area contributed by atoms with Gasteiger partial charge in [0.25, 0.3) is 0 Å². The topological polar surface area (TPSA) is 163 Å². The lowest BCUT2D eigenvalue weighted by atomic mass is 9.85. The minimum absolute atomic E-state index is 0.00818. The summed E-state index contributed by atoms with van der Waals surface area (Å²) in [5.41, 5.74) is 1.34. The second kappa shape index (κ2) is 7.70. The number of benzene rings is 3. The van der Waals surface area contributed by atoms with Crippen molar-refractivity contribution in [1.82, 2.24) is 9.97 Å². The van der Waals surface area contributed by atoms with E-state index in [1.165, 1.54) is 12.1 Å². The molecule has 0 saturated carbocycles. The Bertz CT molecular complexity index is 1790. The molecule has 178 valence electrons. The Morgan fingerprint density at radius 1 is 0.833 bits per heavy atom. The maximum Gasteiger partial charge on any atom is 0.312 e. The Morgan fingerprint density at radius 2 is 1.61 bits per heavy atom. The third-order valence-corrected chi connectivity index (χ3v) is 6.20. The summed E-state index contributed by atoms with van der Waals surface area (Å²) in [7, 11) is 0. The van der Waals surface area contributed by atoms with Gasteiger partial charge in [-0.2, -0.15) is 0 Å². The lowest BCUT2D eigenvalue weighted by Gasteiger charge is -2.26. The Kier molecular flexibility index (Phi) is 4.58. The SMILES string of the molecule is O=C1C[C@H](c2ccc3nccnc3c2)c2c(cc(O)c3c(=O)c(O)c(-c4ccc(O)c(O)c4)oc23)O1. The molecule has 0 amide bonds. The molecule has 0 radical (unpaired) electrons. The summed E-state index contributed by atoms with van der Waals surface area (Å²) in [6.45, 7) is 0. The number of aromatic nitrogens is 2. The molecule has 0 spiro atoms. The van der Waals surface area contributed by atoms with Crippen LogP contribution in [0.5, 0.6) is 28.7 Å². The zero-order chi connectivity index (χ0) is 25.1. The Balaban J connectivity index is 1.66. The average Bonchev–Trinajstić information content (AvgIpc) is 2.86. The van der Waals surface area contributed by atoms with Crippen molar-refractivity contribution in [3.63, 3.8) is 0 Å². The standard InChI is InChI=1S/C26H16N2O8/c29-16-4-2-12(8-17(16)30)25-24(34)23(33)22-18(31)10-19-21(26(22)36-25)13(9-20(32)35-19)11-1-3-14-15(7-11)28-6-5-27-14/h1-8,10,13,29-31,34H,9H2/t13-/m1/s1. The first-order chi connectivity index (χ1) is 17.3. The molecule has 1 aliphatic heterocycles. The average molecular weight is 484 g/mol. The molecule has 10 heteroatoms. The number of ether oxygens (including phenoxy) is 1. The fourth-order valence-corrected chi connectivity index (χ4v) is 4.52. The fourth-order valence-electron chi connectivity index (χ4n) is 4.52. The van der Waals surface area contributed by atoms with E-state index >= 15 is 0 Å². The summed E-state index contributed by atoms with van der Waals surface area (Å²) in [4.78, 5) is 34.2. The lowest BCUT2D eigenvalue weighted by molar-refractivity contribution is -0.135. The van der Waals surface area contributed by atoms with Gasteiger partial charge in [-0.1, -0.05) is 6.07 Å². The van der Waals surface area contributed by atoms with Crippen LogP contribution in [0.2, 0.25) is 0 Å². The molecule has 1 aliphatic rings. The van der Waals surface area contributed by atoms with Crippen LogP contribution in [0.4, 0.5) is 0 Å². The molecule has 0 fully saturated rings. The van der Waals surface area contributed by atoms with E-state index in [2.05, 4.69) is 9.97 Å². The maximum atomic E-state index is 13.2. The summed E-state index contributed by atoms with van der Waals surface area (Å²) in [6.07, 6.45) is 3.03. The van der Waals surface area contributed by atoms with Crippen molar-refractivity contribution in [2.24, 2.45) is 0 Å². The van der Waals surface area contributed by atoms with Gasteiger partial charge in [0.2, 0.25) is 11.2 Å². The molecule has 1 atom stereocenters. The number of nitrogens with zero attached hydrogens (tertiary/aromatic N) is 2. The van der Waals surface area contributed by atoms with E-state index in [0.717, 1.165) is 12.1 Å². The van der Waals surface area contributed by atoms with Crippen molar-refractivity contribution in [3.8, 4) is 40.1 Å². The molecule has 0 bridgehead atoms. The largest absolute Gasteiger partial charge is 0.507 e. The van der Waals surface area contributed by atoms with Gasteiger partial charge in [0.1, 0.15) is 22.5 Å². The number of esters is 1. The van der Waals surface area contributed by atoms with Crippen LogP contribution < -0.4 is 10.2 Å². The monoisotopic (exact) mass is 484 g/mol. The summed E-state index contributed by atoms with van der Waals surface area (Å²) < 4.78 is 11.4. The van der Waals surface area contributed by atoms with Crippen LogP contribution >= 0.6 is 0 Å². The number of aromatic hydroxyl groups is 4. The van der Waals surface area contributed by atoms with Gasteiger partial charge in [-0.15, -0.1) is 0 Å². The predicted molar refractivity (Wildman–Crippen MR) is 126 cm³/mol. The molecule has 0 unspecified atom stereocenters. The molecule has 0 aliphatic carbocycles. The lowest BCUT2D eigenvalue weighted by Crippen LogP contribution is -2.22. The third-order valence-electron chi connectivity index (χ3n) is 6.20. The molecule has 0 saturated heterocycles. The van der Waals surface area contributed by atoms with Crippen LogP contribution in [0.25, 0.3) is 33.3 Å². The van der Waals surface area contributed by atoms with Gasteiger partial charge in [-0.25, -0.2) is 0 Å². The minimum atomic E-state index is -0.917. The Hall–Kier alpha value is -5.12. The number of fused-ring (bicyclic) bond motifs is 4. The van der Waals surface area contributed by atoms with E-state index in [0.29, 0.717) is 22.2 Å². The van der Waals surface area contributed by atoms with Crippen molar-refractivity contribution in [2.45, 2.75) is 12.3 Å². The number of phenols is 3. The predicted octanol–water partition coefficient (Wildman–Crippen LogP) is 3.67. The van der Waals surface area contributed by atoms with E-state index in [1.807, 2.05) is 0 Å². The number of phenolic OH excluding ortho intramolecular Hbond substituents is 3. The molecule has 3 aromatic carbocycles. The second-order valence-corrected chi connectivity index (χ2v) is 8.36. The molecule has 10 nitrogen and oxygen atoms in total. The number of carbonyl (C=O) groups excluding carboxylic acids is 1. The van der Waals surface area contributed by atoms with Crippen molar-refractivity contribution in [1.29, 1.82) is 0 Å². The molecule has 36 heavy (non-hydrogen) atoms. The second-order valence-electron chi connectivity index (χ2n) is 8.36. The van der Waals surface area contributed by atoms with Gasteiger partial charge in [0.05, 0.1) is 17.5 Å². The molecule has 6 rings (SSSR count). The van der Waals surface area contributed by atoms with Gasteiger partial charge in [0, 0.05) is 35.5 Å². The number of rotatable bonds is 2. The van der Waals surface area contributed by atoms with Crippen LogP contribution in [0, 0.1) is 0 Å². The highest BCUT2D eigenvalue weighted by atomic mass is 16.5. The number of carbonyl (C=O) groups is 1. The Morgan fingerprint density at radius 3 is 2.39 bits per heavy atom. The van der Waals surface area contributed by atoms with Crippen molar-refractivity contribution in [2.75, 3.05) is 0 Å². The molecule has 4 N–H and O–H groups in total. The van der Waals surface area contributed by atoms with Crippen molar-refractivity contribution >= 4 is 28.0 Å². The van der Waals surface area contributed by atoms with E-state index < -0.39 is 40.3 Å². The van der Waals surface area contributed by atoms with E-state index in [4.69, 9.17) is 9.15 Å². The van der Waals surface area contributed by atoms with E-state index in [-0.39, 0.29) is 34.5 Å². The van der Waals surface area contributed by atoms with Crippen LogP contribution in [0.3, 0.4) is 0 Å². The van der Waals surface area contributed by atoms with Crippen LogP contribution in [-0.4, -0.2) is 36.4 Å². The zero-order valence-electron chi connectivity index (χ0n) is 18.3. The normalized spacial score (nSPS) is 15.1. The minimum Gasteiger partial charge on any atom is -0.507 e. The summed E-state index contributed by atoms with van der Waals surface area (Å²) >= 11 is 0. The smallest absolute Gasteiger partial charge is 0.312 e. The van der Waals surface area contributed by atoms with Gasteiger partial charge >= 0.3 is 5.97 Å².